The topological polar surface area (TPSA) is 35.2 Å². The third-order valence-electron chi connectivity index (χ3n) is 1.43. The Morgan fingerprint density at radius 3 is 2.29 bits per heavy atom. The first-order valence-electron chi connectivity index (χ1n) is 3.61. The fourth-order valence-corrected chi connectivity index (χ4v) is 0.979. The van der Waals surface area contributed by atoms with Crippen LogP contribution >= 0.6 is 0 Å². The minimum absolute atomic E-state index is 0.375. The smallest absolute Gasteiger partial charge is 0.400 e. The SMILES string of the molecule is Cc1cc(N)c(OC(F)(F)F)c(F)c1. The zero-order valence-corrected chi connectivity index (χ0v) is 7.15. The summed E-state index contributed by atoms with van der Waals surface area (Å²) in [6.45, 7) is 1.51. The molecule has 0 atom stereocenters. The molecule has 0 unspecified atom stereocenters. The predicted molar refractivity (Wildman–Crippen MR) is 42.2 cm³/mol. The van der Waals surface area contributed by atoms with Crippen LogP contribution in [0, 0.1) is 12.7 Å². The lowest BCUT2D eigenvalue weighted by Gasteiger charge is -2.12. The average Bonchev–Trinajstić information content (AvgIpc) is 1.95. The third-order valence-corrected chi connectivity index (χ3v) is 1.43. The molecule has 0 amide bonds. The van der Waals surface area contributed by atoms with E-state index in [1.807, 2.05) is 0 Å². The van der Waals surface area contributed by atoms with E-state index in [9.17, 15) is 17.6 Å². The molecule has 0 bridgehead atoms. The van der Waals surface area contributed by atoms with Gasteiger partial charge in [0.25, 0.3) is 0 Å². The van der Waals surface area contributed by atoms with Gasteiger partial charge in [-0.15, -0.1) is 13.2 Å². The van der Waals surface area contributed by atoms with Crippen molar-refractivity contribution in [3.63, 3.8) is 0 Å². The molecule has 0 saturated carbocycles. The number of hydrogen-bond donors (Lipinski definition) is 1. The summed E-state index contributed by atoms with van der Waals surface area (Å²) >= 11 is 0. The van der Waals surface area contributed by atoms with E-state index in [1.165, 1.54) is 13.0 Å². The lowest BCUT2D eigenvalue weighted by atomic mass is 10.2. The number of rotatable bonds is 1. The van der Waals surface area contributed by atoms with Crippen molar-refractivity contribution in [1.29, 1.82) is 0 Å². The Morgan fingerprint density at radius 2 is 1.86 bits per heavy atom. The maximum Gasteiger partial charge on any atom is 0.573 e. The molecule has 78 valence electrons. The number of benzene rings is 1. The number of alkyl halides is 3. The van der Waals surface area contributed by atoms with Crippen LogP contribution in [0.2, 0.25) is 0 Å². The number of hydrogen-bond acceptors (Lipinski definition) is 2. The number of nitrogen functional groups attached to an aromatic ring is 1. The Morgan fingerprint density at radius 1 is 1.29 bits per heavy atom. The summed E-state index contributed by atoms with van der Waals surface area (Å²) in [7, 11) is 0. The summed E-state index contributed by atoms with van der Waals surface area (Å²) in [5.74, 6) is -2.11. The van der Waals surface area contributed by atoms with Gasteiger partial charge in [-0.1, -0.05) is 0 Å². The lowest BCUT2D eigenvalue weighted by Crippen LogP contribution is -2.19. The Bertz CT molecular complexity index is 325. The molecule has 1 aromatic rings. The molecule has 0 fully saturated rings. The summed E-state index contributed by atoms with van der Waals surface area (Å²) in [4.78, 5) is 0. The molecule has 1 rings (SSSR count). The van der Waals surface area contributed by atoms with Gasteiger partial charge in [0.1, 0.15) is 0 Å². The van der Waals surface area contributed by atoms with Crippen molar-refractivity contribution in [3.8, 4) is 5.75 Å². The molecule has 0 heterocycles. The number of halogens is 4. The van der Waals surface area contributed by atoms with Crippen molar-refractivity contribution < 1.29 is 22.3 Å². The molecule has 0 radical (unpaired) electrons. The molecular weight excluding hydrogens is 202 g/mol. The summed E-state index contributed by atoms with van der Waals surface area (Å²) in [5.41, 5.74) is 5.21. The van der Waals surface area contributed by atoms with Crippen LogP contribution in [-0.2, 0) is 0 Å². The summed E-state index contributed by atoms with van der Waals surface area (Å²) in [6, 6.07) is 2.11. The number of ether oxygens (including phenoxy) is 1. The zero-order chi connectivity index (χ0) is 10.9. The van der Waals surface area contributed by atoms with Crippen LogP contribution in [0.4, 0.5) is 23.2 Å². The average molecular weight is 209 g/mol. The van der Waals surface area contributed by atoms with E-state index in [0.29, 0.717) is 5.56 Å². The molecular formula is C8H7F4NO. The summed E-state index contributed by atoms with van der Waals surface area (Å²) in [6.07, 6.45) is -4.94. The maximum absolute atomic E-state index is 12.9. The molecule has 2 nitrogen and oxygen atoms in total. The van der Waals surface area contributed by atoms with Gasteiger partial charge < -0.3 is 10.5 Å². The molecule has 0 spiro atoms. The van der Waals surface area contributed by atoms with Gasteiger partial charge >= 0.3 is 6.36 Å². The van der Waals surface area contributed by atoms with E-state index in [1.54, 1.807) is 0 Å². The molecule has 0 aliphatic rings. The normalized spacial score (nSPS) is 11.5. The van der Waals surface area contributed by atoms with Crippen LogP contribution < -0.4 is 10.5 Å². The van der Waals surface area contributed by atoms with Gasteiger partial charge in [-0.25, -0.2) is 4.39 Å². The molecule has 6 heteroatoms. The van der Waals surface area contributed by atoms with Crippen molar-refractivity contribution in [2.45, 2.75) is 13.3 Å². The Labute approximate surface area is 77.3 Å². The number of aryl methyl sites for hydroxylation is 1. The predicted octanol–water partition coefficient (Wildman–Crippen LogP) is 2.61. The lowest BCUT2D eigenvalue weighted by molar-refractivity contribution is -0.275. The second-order valence-electron chi connectivity index (χ2n) is 2.71. The van der Waals surface area contributed by atoms with E-state index >= 15 is 0 Å². The van der Waals surface area contributed by atoms with Crippen LogP contribution in [0.1, 0.15) is 5.56 Å². The molecule has 0 saturated heterocycles. The summed E-state index contributed by atoms with van der Waals surface area (Å²) in [5, 5.41) is 0. The van der Waals surface area contributed by atoms with Gasteiger partial charge in [0, 0.05) is 0 Å². The fourth-order valence-electron chi connectivity index (χ4n) is 0.979. The van der Waals surface area contributed by atoms with E-state index in [-0.39, 0.29) is 5.69 Å². The van der Waals surface area contributed by atoms with Crippen molar-refractivity contribution in [2.75, 3.05) is 5.73 Å². The Kier molecular flexibility index (Phi) is 2.55. The van der Waals surface area contributed by atoms with Crippen molar-refractivity contribution in [1.82, 2.24) is 0 Å². The van der Waals surface area contributed by atoms with Gasteiger partial charge in [-0.2, -0.15) is 0 Å². The highest BCUT2D eigenvalue weighted by Gasteiger charge is 2.33. The minimum Gasteiger partial charge on any atom is -0.400 e. The fraction of sp³-hybridized carbons (Fsp3) is 0.250. The van der Waals surface area contributed by atoms with Gasteiger partial charge in [-0.05, 0) is 24.6 Å². The molecule has 1 aromatic carbocycles. The first-order chi connectivity index (χ1) is 6.29. The maximum atomic E-state index is 12.9. The quantitative estimate of drug-likeness (QED) is 0.570. The van der Waals surface area contributed by atoms with E-state index in [0.717, 1.165) is 6.07 Å². The molecule has 2 N–H and O–H groups in total. The molecule has 14 heavy (non-hydrogen) atoms. The highest BCUT2D eigenvalue weighted by atomic mass is 19.4. The molecule has 0 aliphatic carbocycles. The monoisotopic (exact) mass is 209 g/mol. The molecule has 0 aromatic heterocycles. The highest BCUT2D eigenvalue weighted by molar-refractivity contribution is 5.55. The van der Waals surface area contributed by atoms with Crippen LogP contribution in [0.5, 0.6) is 5.75 Å². The highest BCUT2D eigenvalue weighted by Crippen LogP contribution is 2.31. The van der Waals surface area contributed by atoms with Crippen molar-refractivity contribution in [3.05, 3.63) is 23.5 Å². The van der Waals surface area contributed by atoms with Crippen LogP contribution in [-0.4, -0.2) is 6.36 Å². The third kappa shape index (κ3) is 2.51. The number of nitrogens with two attached hydrogens (primary N) is 1. The first kappa shape index (κ1) is 10.6. The van der Waals surface area contributed by atoms with Crippen LogP contribution in [0.15, 0.2) is 12.1 Å². The minimum atomic E-state index is -4.94. The molecule has 0 aliphatic heterocycles. The van der Waals surface area contributed by atoms with Gasteiger partial charge in [0.15, 0.2) is 11.6 Å². The van der Waals surface area contributed by atoms with E-state index in [2.05, 4.69) is 4.74 Å². The second-order valence-corrected chi connectivity index (χ2v) is 2.71. The first-order valence-corrected chi connectivity index (χ1v) is 3.61. The van der Waals surface area contributed by atoms with E-state index in [4.69, 9.17) is 5.73 Å². The zero-order valence-electron chi connectivity index (χ0n) is 7.15. The Balaban J connectivity index is 3.09. The van der Waals surface area contributed by atoms with Gasteiger partial charge in [0.05, 0.1) is 5.69 Å². The standard InChI is InChI=1S/C8H7F4NO/c1-4-2-5(9)7(6(13)3-4)14-8(10,11)12/h2-3H,13H2,1H3. The van der Waals surface area contributed by atoms with Crippen molar-refractivity contribution >= 4 is 5.69 Å². The van der Waals surface area contributed by atoms with Crippen molar-refractivity contribution in [2.24, 2.45) is 0 Å². The van der Waals surface area contributed by atoms with Gasteiger partial charge in [0.2, 0.25) is 0 Å². The Hall–Kier alpha value is -1.46. The van der Waals surface area contributed by atoms with Crippen LogP contribution in [0.25, 0.3) is 0 Å². The van der Waals surface area contributed by atoms with Crippen LogP contribution in [0.3, 0.4) is 0 Å². The van der Waals surface area contributed by atoms with Gasteiger partial charge in [-0.3, -0.25) is 0 Å². The summed E-state index contributed by atoms with van der Waals surface area (Å²) < 4.78 is 51.6. The van der Waals surface area contributed by atoms with E-state index < -0.39 is 17.9 Å². The second kappa shape index (κ2) is 3.36. The number of anilines is 1. The largest absolute Gasteiger partial charge is 0.573 e.